The van der Waals surface area contributed by atoms with Gasteiger partial charge in [0.1, 0.15) is 11.6 Å². The number of ether oxygens (including phenoxy) is 1. The first-order chi connectivity index (χ1) is 7.15. The first-order valence-electron chi connectivity index (χ1n) is 5.22. The van der Waals surface area contributed by atoms with Gasteiger partial charge in [0.15, 0.2) is 0 Å². The zero-order valence-corrected chi connectivity index (χ0v) is 8.74. The van der Waals surface area contributed by atoms with Crippen molar-refractivity contribution in [2.75, 3.05) is 6.61 Å². The van der Waals surface area contributed by atoms with Gasteiger partial charge < -0.3 is 9.84 Å². The Kier molecular flexibility index (Phi) is 2.91. The minimum absolute atomic E-state index is 0.160. The number of aryl methyl sites for hydroxylation is 1. The maximum atomic E-state index is 12.9. The molecule has 1 fully saturated rings. The Morgan fingerprint density at radius 2 is 2.20 bits per heavy atom. The van der Waals surface area contributed by atoms with Crippen molar-refractivity contribution in [3.05, 3.63) is 29.6 Å². The molecule has 0 heterocycles. The fourth-order valence-electron chi connectivity index (χ4n) is 1.77. The van der Waals surface area contributed by atoms with Crippen LogP contribution in [-0.4, -0.2) is 17.8 Å². The van der Waals surface area contributed by atoms with E-state index in [9.17, 15) is 4.39 Å². The number of halogens is 1. The monoisotopic (exact) mass is 210 g/mol. The van der Waals surface area contributed by atoms with Gasteiger partial charge >= 0.3 is 0 Å². The van der Waals surface area contributed by atoms with Gasteiger partial charge in [0, 0.05) is 6.07 Å². The van der Waals surface area contributed by atoms with Crippen LogP contribution in [0.25, 0.3) is 0 Å². The van der Waals surface area contributed by atoms with E-state index in [-0.39, 0.29) is 11.9 Å². The lowest BCUT2D eigenvalue weighted by molar-refractivity contribution is 0.0201. The normalized spacial score (nSPS) is 24.7. The number of hydrogen-bond acceptors (Lipinski definition) is 2. The van der Waals surface area contributed by atoms with E-state index in [0.717, 1.165) is 18.4 Å². The van der Waals surface area contributed by atoms with Gasteiger partial charge in [-0.15, -0.1) is 0 Å². The molecule has 1 N–H and O–H groups in total. The Bertz CT molecular complexity index is 345. The third-order valence-electron chi connectivity index (χ3n) is 2.84. The summed E-state index contributed by atoms with van der Waals surface area (Å²) in [6.07, 6.45) is 1.44. The minimum atomic E-state index is -0.274. The molecular weight excluding hydrogens is 195 g/mol. The Hall–Kier alpha value is -1.09. The summed E-state index contributed by atoms with van der Waals surface area (Å²) in [5.74, 6) is 0.753. The zero-order chi connectivity index (χ0) is 10.8. The average Bonchev–Trinajstić information content (AvgIpc) is 2.16. The summed E-state index contributed by atoms with van der Waals surface area (Å²) in [6, 6.07) is 4.54. The van der Waals surface area contributed by atoms with Crippen LogP contribution in [0.1, 0.15) is 18.4 Å². The van der Waals surface area contributed by atoms with Gasteiger partial charge in [-0.05, 0) is 37.3 Å². The van der Waals surface area contributed by atoms with Crippen LogP contribution in [0.15, 0.2) is 18.2 Å². The molecule has 1 aromatic carbocycles. The van der Waals surface area contributed by atoms with Crippen LogP contribution in [0.2, 0.25) is 0 Å². The molecule has 15 heavy (non-hydrogen) atoms. The summed E-state index contributed by atoms with van der Waals surface area (Å²) in [7, 11) is 0. The molecule has 1 aliphatic carbocycles. The van der Waals surface area contributed by atoms with E-state index in [1.54, 1.807) is 6.07 Å². The van der Waals surface area contributed by atoms with Crippen molar-refractivity contribution < 1.29 is 14.2 Å². The Morgan fingerprint density at radius 1 is 1.47 bits per heavy atom. The van der Waals surface area contributed by atoms with Gasteiger partial charge in [-0.3, -0.25) is 0 Å². The summed E-state index contributed by atoms with van der Waals surface area (Å²) < 4.78 is 18.4. The third kappa shape index (κ3) is 2.48. The lowest BCUT2D eigenvalue weighted by Gasteiger charge is -2.31. The van der Waals surface area contributed by atoms with Crippen molar-refractivity contribution >= 4 is 0 Å². The number of aliphatic hydroxyl groups is 1. The second-order valence-corrected chi connectivity index (χ2v) is 4.21. The van der Waals surface area contributed by atoms with Crippen molar-refractivity contribution in [2.45, 2.75) is 25.9 Å². The van der Waals surface area contributed by atoms with Crippen molar-refractivity contribution in [1.29, 1.82) is 0 Å². The number of hydrogen-bond donors (Lipinski definition) is 1. The second kappa shape index (κ2) is 4.19. The number of benzene rings is 1. The van der Waals surface area contributed by atoms with Gasteiger partial charge in [-0.1, -0.05) is 6.07 Å². The van der Waals surface area contributed by atoms with Crippen LogP contribution in [0.5, 0.6) is 5.75 Å². The molecule has 0 amide bonds. The molecule has 2 rings (SSSR count). The molecule has 82 valence electrons. The van der Waals surface area contributed by atoms with Crippen LogP contribution >= 0.6 is 0 Å². The molecule has 0 unspecified atom stereocenters. The fraction of sp³-hybridized carbons (Fsp3) is 0.500. The SMILES string of the molecule is Cc1ccc(F)cc1OCC1CC(O)C1. The highest BCUT2D eigenvalue weighted by atomic mass is 19.1. The van der Waals surface area contributed by atoms with E-state index < -0.39 is 0 Å². The largest absolute Gasteiger partial charge is 0.493 e. The molecule has 0 atom stereocenters. The molecule has 0 radical (unpaired) electrons. The lowest BCUT2D eigenvalue weighted by atomic mass is 9.83. The van der Waals surface area contributed by atoms with Gasteiger partial charge in [-0.2, -0.15) is 0 Å². The van der Waals surface area contributed by atoms with Crippen molar-refractivity contribution in [3.8, 4) is 5.75 Å². The predicted molar refractivity (Wildman–Crippen MR) is 55.4 cm³/mol. The topological polar surface area (TPSA) is 29.5 Å². The van der Waals surface area contributed by atoms with E-state index in [1.165, 1.54) is 12.1 Å². The first-order valence-corrected chi connectivity index (χ1v) is 5.22. The average molecular weight is 210 g/mol. The van der Waals surface area contributed by atoms with Crippen molar-refractivity contribution in [1.82, 2.24) is 0 Å². The smallest absolute Gasteiger partial charge is 0.126 e. The summed E-state index contributed by atoms with van der Waals surface area (Å²) in [6.45, 7) is 2.46. The van der Waals surface area contributed by atoms with Crippen LogP contribution in [0.4, 0.5) is 4.39 Å². The zero-order valence-electron chi connectivity index (χ0n) is 8.74. The van der Waals surface area contributed by atoms with Crippen molar-refractivity contribution in [3.63, 3.8) is 0 Å². The summed E-state index contributed by atoms with van der Waals surface area (Å²) in [5.41, 5.74) is 0.941. The summed E-state index contributed by atoms with van der Waals surface area (Å²) >= 11 is 0. The van der Waals surface area contributed by atoms with Gasteiger partial charge in [-0.25, -0.2) is 4.39 Å². The number of rotatable bonds is 3. The molecule has 0 spiro atoms. The molecule has 3 heteroatoms. The quantitative estimate of drug-likeness (QED) is 0.829. The van der Waals surface area contributed by atoms with E-state index in [4.69, 9.17) is 9.84 Å². The molecule has 2 nitrogen and oxygen atoms in total. The first kappa shape index (κ1) is 10.4. The third-order valence-corrected chi connectivity index (χ3v) is 2.84. The summed E-state index contributed by atoms with van der Waals surface area (Å²) in [5, 5.41) is 9.10. The molecule has 1 aliphatic rings. The summed E-state index contributed by atoms with van der Waals surface area (Å²) in [4.78, 5) is 0. The molecule has 1 saturated carbocycles. The van der Waals surface area contributed by atoms with Crippen LogP contribution in [-0.2, 0) is 0 Å². The van der Waals surface area contributed by atoms with Crippen LogP contribution in [0.3, 0.4) is 0 Å². The molecule has 0 aliphatic heterocycles. The lowest BCUT2D eigenvalue weighted by Crippen LogP contribution is -2.32. The highest BCUT2D eigenvalue weighted by Crippen LogP contribution is 2.28. The van der Waals surface area contributed by atoms with Crippen molar-refractivity contribution in [2.24, 2.45) is 5.92 Å². The van der Waals surface area contributed by atoms with E-state index in [0.29, 0.717) is 18.3 Å². The highest BCUT2D eigenvalue weighted by Gasteiger charge is 2.27. The van der Waals surface area contributed by atoms with Gasteiger partial charge in [0.25, 0.3) is 0 Å². The maximum Gasteiger partial charge on any atom is 0.126 e. The van der Waals surface area contributed by atoms with Gasteiger partial charge in [0.05, 0.1) is 12.7 Å². The predicted octanol–water partition coefficient (Wildman–Crippen LogP) is 2.28. The second-order valence-electron chi connectivity index (χ2n) is 4.21. The van der Waals surface area contributed by atoms with Gasteiger partial charge in [0.2, 0.25) is 0 Å². The molecule has 0 bridgehead atoms. The van der Waals surface area contributed by atoms with E-state index >= 15 is 0 Å². The molecule has 0 aromatic heterocycles. The minimum Gasteiger partial charge on any atom is -0.493 e. The van der Waals surface area contributed by atoms with Crippen LogP contribution in [0, 0.1) is 18.7 Å². The Balaban J connectivity index is 1.90. The van der Waals surface area contributed by atoms with E-state index in [2.05, 4.69) is 0 Å². The van der Waals surface area contributed by atoms with E-state index in [1.807, 2.05) is 6.92 Å². The Morgan fingerprint density at radius 3 is 2.87 bits per heavy atom. The highest BCUT2D eigenvalue weighted by molar-refractivity contribution is 5.32. The molecule has 1 aromatic rings. The standard InChI is InChI=1S/C12H15FO2/c1-8-2-3-10(13)6-12(8)15-7-9-4-11(14)5-9/h2-3,6,9,11,14H,4-5,7H2,1H3. The Labute approximate surface area is 88.7 Å². The number of aliphatic hydroxyl groups excluding tert-OH is 1. The molecule has 0 saturated heterocycles. The van der Waals surface area contributed by atoms with Crippen LogP contribution < -0.4 is 4.74 Å². The molecular formula is C12H15FO2. The maximum absolute atomic E-state index is 12.9. The fourth-order valence-corrected chi connectivity index (χ4v) is 1.77.